The van der Waals surface area contributed by atoms with Gasteiger partial charge in [0.05, 0.1) is 0 Å². The summed E-state index contributed by atoms with van der Waals surface area (Å²) < 4.78 is 0. The molecule has 0 amide bonds. The van der Waals surface area contributed by atoms with Gasteiger partial charge in [-0.15, -0.1) is 0 Å². The SMILES string of the molecule is CC(=O)O.O=C(O)O.[H-].[H-].[H-].[H-].[Sr+2].[Sr+2]. The van der Waals surface area contributed by atoms with Gasteiger partial charge >= 0.3 is 97.1 Å². The molecule has 0 atom stereocenters. The molecule has 0 aliphatic carbocycles. The molecule has 0 unspecified atom stereocenters. The molecule has 0 saturated heterocycles. The second kappa shape index (κ2) is 17.0. The Bertz CT molecular complexity index is 85.0. The molecular weight excluding hydrogens is 291 g/mol. The predicted molar refractivity (Wildman–Crippen MR) is 39.9 cm³/mol. The fraction of sp³-hybridized carbons (Fsp3) is 0.333. The fourth-order valence-electron chi connectivity index (χ4n) is 0. The van der Waals surface area contributed by atoms with E-state index in [-0.39, 0.29) is 96.7 Å². The fourth-order valence-corrected chi connectivity index (χ4v) is 0. The van der Waals surface area contributed by atoms with E-state index in [9.17, 15) is 0 Å². The molecular formula is C3H10O5Sr2. The standard InChI is InChI=1S/C2H4O2.CH2O3.2Sr.4H/c1-2(3)4;2-1(3)4;;;;;;/h1H3,(H,3,4);(H2,2,3,4);;;;;;/q;;2*+2;4*-1. The van der Waals surface area contributed by atoms with E-state index < -0.39 is 12.1 Å². The number of aliphatic carboxylic acids is 1. The van der Waals surface area contributed by atoms with Crippen LogP contribution in [0.2, 0.25) is 0 Å². The van der Waals surface area contributed by atoms with Crippen LogP contribution < -0.4 is 0 Å². The molecule has 0 aliphatic heterocycles. The number of carboxylic acids is 1. The van der Waals surface area contributed by atoms with E-state index in [1.165, 1.54) is 0 Å². The molecule has 0 fully saturated rings. The molecule has 0 bridgehead atoms. The summed E-state index contributed by atoms with van der Waals surface area (Å²) >= 11 is 0. The van der Waals surface area contributed by atoms with Crippen molar-refractivity contribution in [3.63, 3.8) is 0 Å². The van der Waals surface area contributed by atoms with Crippen molar-refractivity contribution in [2.45, 2.75) is 6.92 Å². The van der Waals surface area contributed by atoms with Crippen molar-refractivity contribution >= 4 is 103 Å². The van der Waals surface area contributed by atoms with Gasteiger partial charge in [-0.1, -0.05) is 0 Å². The second-order valence-corrected chi connectivity index (χ2v) is 0.802. The minimum atomic E-state index is -1.83. The zero-order valence-electron chi connectivity index (χ0n) is 9.57. The maximum Gasteiger partial charge on any atom is 2.00 e. The third-order valence-corrected chi connectivity index (χ3v) is 0. The second-order valence-electron chi connectivity index (χ2n) is 0.802. The first-order valence-corrected chi connectivity index (χ1v) is 1.58. The summed E-state index contributed by atoms with van der Waals surface area (Å²) in [6.45, 7) is 1.08. The van der Waals surface area contributed by atoms with Crippen LogP contribution in [0.4, 0.5) is 4.79 Å². The van der Waals surface area contributed by atoms with Gasteiger partial charge in [0.15, 0.2) is 0 Å². The molecule has 0 rings (SSSR count). The average molecular weight is 301 g/mol. The Morgan fingerprint density at radius 2 is 1.10 bits per heavy atom. The molecule has 0 spiro atoms. The first-order valence-electron chi connectivity index (χ1n) is 1.58. The number of carbonyl (C=O) groups is 2. The summed E-state index contributed by atoms with van der Waals surface area (Å²) in [4.78, 5) is 17.6. The van der Waals surface area contributed by atoms with Crippen LogP contribution in [0, 0.1) is 0 Å². The van der Waals surface area contributed by atoms with E-state index in [1.807, 2.05) is 0 Å². The summed E-state index contributed by atoms with van der Waals surface area (Å²) in [5.74, 6) is -0.833. The largest absolute Gasteiger partial charge is 2.00 e. The molecule has 56 valence electrons. The van der Waals surface area contributed by atoms with Gasteiger partial charge in [-0.2, -0.15) is 0 Å². The summed E-state index contributed by atoms with van der Waals surface area (Å²) in [7, 11) is 0. The number of hydrogen-bond donors (Lipinski definition) is 3. The molecule has 3 N–H and O–H groups in total. The Hall–Kier alpha value is 1.70. The average Bonchev–Trinajstić information content (AvgIpc) is 1.25. The maximum atomic E-state index is 9.00. The van der Waals surface area contributed by atoms with Gasteiger partial charge in [-0.3, -0.25) is 4.79 Å². The molecule has 10 heavy (non-hydrogen) atoms. The van der Waals surface area contributed by atoms with E-state index in [1.54, 1.807) is 0 Å². The summed E-state index contributed by atoms with van der Waals surface area (Å²) in [5.41, 5.74) is 0. The van der Waals surface area contributed by atoms with Crippen LogP contribution in [0.25, 0.3) is 0 Å². The van der Waals surface area contributed by atoms with E-state index in [2.05, 4.69) is 0 Å². The van der Waals surface area contributed by atoms with Crippen molar-refractivity contribution in [1.82, 2.24) is 0 Å². The third-order valence-electron chi connectivity index (χ3n) is 0. The van der Waals surface area contributed by atoms with Crippen LogP contribution in [-0.4, -0.2) is 118 Å². The Balaban J connectivity index is -0.00000000600. The number of rotatable bonds is 0. The van der Waals surface area contributed by atoms with Gasteiger partial charge in [-0.05, 0) is 0 Å². The monoisotopic (exact) mass is 302 g/mol. The molecule has 0 aromatic rings. The number of hydrogen-bond acceptors (Lipinski definition) is 2. The predicted octanol–water partition coefficient (Wildman–Crippen LogP) is 0.00170. The van der Waals surface area contributed by atoms with E-state index in [4.69, 9.17) is 24.9 Å². The van der Waals surface area contributed by atoms with Gasteiger partial charge in [0.25, 0.3) is 5.97 Å². The van der Waals surface area contributed by atoms with Crippen LogP contribution in [0.3, 0.4) is 0 Å². The zero-order chi connectivity index (χ0) is 7.15. The van der Waals surface area contributed by atoms with Gasteiger partial charge in [0.2, 0.25) is 0 Å². The molecule has 5 nitrogen and oxygen atoms in total. The topological polar surface area (TPSA) is 94.8 Å². The summed E-state index contributed by atoms with van der Waals surface area (Å²) in [5, 5.41) is 21.4. The van der Waals surface area contributed by atoms with Gasteiger partial charge in [-0.25, -0.2) is 4.79 Å². The van der Waals surface area contributed by atoms with E-state index >= 15 is 0 Å². The van der Waals surface area contributed by atoms with Gasteiger partial charge in [0, 0.05) is 6.92 Å². The van der Waals surface area contributed by atoms with Crippen molar-refractivity contribution in [1.29, 1.82) is 0 Å². The Kier molecular flexibility index (Phi) is 38.4. The molecule has 0 aromatic carbocycles. The first kappa shape index (κ1) is 22.6. The van der Waals surface area contributed by atoms with E-state index in [0.29, 0.717) is 0 Å². The maximum absolute atomic E-state index is 9.00. The van der Waals surface area contributed by atoms with Crippen molar-refractivity contribution in [2.24, 2.45) is 0 Å². The summed E-state index contributed by atoms with van der Waals surface area (Å²) in [6.07, 6.45) is -1.83. The molecule has 0 saturated carbocycles. The number of carboxylic acid groups (broad SMARTS) is 3. The molecule has 0 radical (unpaired) electrons. The van der Waals surface area contributed by atoms with Crippen molar-refractivity contribution in [2.75, 3.05) is 0 Å². The van der Waals surface area contributed by atoms with Crippen LogP contribution in [0.5, 0.6) is 0 Å². The summed E-state index contributed by atoms with van der Waals surface area (Å²) in [6, 6.07) is 0. The smallest absolute Gasteiger partial charge is 1.00 e. The van der Waals surface area contributed by atoms with Crippen LogP contribution in [-0.2, 0) is 4.79 Å². The first-order chi connectivity index (χ1) is 3.46. The Labute approximate surface area is 138 Å². The van der Waals surface area contributed by atoms with Crippen LogP contribution in [0.1, 0.15) is 12.6 Å². The minimum Gasteiger partial charge on any atom is -1.00 e. The normalized spacial score (nSPS) is 4.90. The molecule has 0 aliphatic rings. The quantitative estimate of drug-likeness (QED) is 0.548. The van der Waals surface area contributed by atoms with Crippen LogP contribution >= 0.6 is 0 Å². The van der Waals surface area contributed by atoms with Crippen molar-refractivity contribution in [3.05, 3.63) is 0 Å². The van der Waals surface area contributed by atoms with Crippen molar-refractivity contribution < 1.29 is 30.6 Å². The van der Waals surface area contributed by atoms with Crippen LogP contribution in [0.15, 0.2) is 0 Å². The minimum absolute atomic E-state index is 0. The Morgan fingerprint density at radius 3 is 1.10 bits per heavy atom. The molecule has 7 heteroatoms. The Morgan fingerprint density at radius 1 is 1.10 bits per heavy atom. The van der Waals surface area contributed by atoms with Crippen molar-refractivity contribution in [3.8, 4) is 0 Å². The van der Waals surface area contributed by atoms with Gasteiger partial charge in [0.1, 0.15) is 0 Å². The third kappa shape index (κ3) is 254. The molecule has 0 heterocycles. The zero-order valence-corrected chi connectivity index (χ0v) is 12.5. The van der Waals surface area contributed by atoms with E-state index in [0.717, 1.165) is 6.92 Å². The molecule has 0 aromatic heterocycles. The van der Waals surface area contributed by atoms with Gasteiger partial charge < -0.3 is 21.0 Å².